The van der Waals surface area contributed by atoms with Crippen LogP contribution < -0.4 is 0 Å². The van der Waals surface area contributed by atoms with Gasteiger partial charge >= 0.3 is 0 Å². The van der Waals surface area contributed by atoms with Gasteiger partial charge in [0.1, 0.15) is 5.82 Å². The second kappa shape index (κ2) is 5.46. The van der Waals surface area contributed by atoms with Gasteiger partial charge in [-0.3, -0.25) is 4.99 Å². The second-order valence-electron chi connectivity index (χ2n) is 5.00. The van der Waals surface area contributed by atoms with Gasteiger partial charge in [0.2, 0.25) is 0 Å². The van der Waals surface area contributed by atoms with Crippen LogP contribution in [0, 0.1) is 5.82 Å². The van der Waals surface area contributed by atoms with Gasteiger partial charge in [0.05, 0.1) is 12.2 Å². The molecular formula is C16H14BrFN2S. The van der Waals surface area contributed by atoms with E-state index in [0.717, 1.165) is 29.2 Å². The van der Waals surface area contributed by atoms with Crippen molar-refractivity contribution in [1.29, 1.82) is 0 Å². The van der Waals surface area contributed by atoms with Crippen LogP contribution in [-0.2, 0) is 0 Å². The number of aliphatic imine (C=N–C) groups is 1. The van der Waals surface area contributed by atoms with Crippen molar-refractivity contribution in [1.82, 2.24) is 4.90 Å². The summed E-state index contributed by atoms with van der Waals surface area (Å²) in [4.78, 5) is 8.03. The summed E-state index contributed by atoms with van der Waals surface area (Å²) >= 11 is 1.73. The van der Waals surface area contributed by atoms with Crippen molar-refractivity contribution in [2.75, 3.05) is 13.1 Å². The molecule has 0 atom stereocenters. The predicted octanol–water partition coefficient (Wildman–Crippen LogP) is 4.66. The Balaban J connectivity index is 0.00000132. The molecule has 2 heterocycles. The predicted molar refractivity (Wildman–Crippen MR) is 93.4 cm³/mol. The minimum Gasteiger partial charge on any atom is -0.318 e. The van der Waals surface area contributed by atoms with Crippen LogP contribution in [0.15, 0.2) is 46.3 Å². The first kappa shape index (κ1) is 14.6. The molecule has 0 aromatic heterocycles. The number of benzene rings is 2. The average Bonchev–Trinajstić information content (AvgIpc) is 2.98. The summed E-state index contributed by atoms with van der Waals surface area (Å²) in [5.41, 5.74) is 2.36. The lowest BCUT2D eigenvalue weighted by Crippen LogP contribution is -2.19. The SMILES string of the molecule is Br.CC1=C(c2ccc3c(F)cccc3c2)N2CCN=C2S1. The highest BCUT2D eigenvalue weighted by atomic mass is 79.9. The van der Waals surface area contributed by atoms with Crippen LogP contribution >= 0.6 is 28.7 Å². The van der Waals surface area contributed by atoms with Crippen molar-refractivity contribution in [2.24, 2.45) is 4.99 Å². The minimum absolute atomic E-state index is 0. The van der Waals surface area contributed by atoms with Crippen molar-refractivity contribution in [2.45, 2.75) is 6.92 Å². The quantitative estimate of drug-likeness (QED) is 0.730. The summed E-state index contributed by atoms with van der Waals surface area (Å²) in [6.45, 7) is 3.92. The molecular weight excluding hydrogens is 351 g/mol. The van der Waals surface area contributed by atoms with Crippen molar-refractivity contribution in [3.05, 3.63) is 52.7 Å². The Morgan fingerprint density at radius 3 is 2.95 bits per heavy atom. The van der Waals surface area contributed by atoms with Gasteiger partial charge in [-0.1, -0.05) is 36.0 Å². The highest BCUT2D eigenvalue weighted by molar-refractivity contribution is 8.93. The molecule has 0 saturated heterocycles. The summed E-state index contributed by atoms with van der Waals surface area (Å²) in [6.07, 6.45) is 0. The monoisotopic (exact) mass is 364 g/mol. The lowest BCUT2D eigenvalue weighted by Gasteiger charge is -2.17. The number of fused-ring (bicyclic) bond motifs is 2. The first-order chi connectivity index (χ1) is 9.74. The third-order valence-corrected chi connectivity index (χ3v) is 4.78. The van der Waals surface area contributed by atoms with Crippen LogP contribution in [0.25, 0.3) is 16.5 Å². The number of rotatable bonds is 1. The summed E-state index contributed by atoms with van der Waals surface area (Å²) in [5, 5.41) is 2.71. The lowest BCUT2D eigenvalue weighted by atomic mass is 10.0. The first-order valence-corrected chi connectivity index (χ1v) is 7.45. The minimum atomic E-state index is -0.163. The van der Waals surface area contributed by atoms with Gasteiger partial charge in [0.15, 0.2) is 5.17 Å². The molecule has 0 fully saturated rings. The number of amidine groups is 1. The normalized spacial score (nSPS) is 17.0. The average molecular weight is 365 g/mol. The molecule has 0 radical (unpaired) electrons. The van der Waals surface area contributed by atoms with Crippen molar-refractivity contribution < 1.29 is 4.39 Å². The molecule has 0 bridgehead atoms. The van der Waals surface area contributed by atoms with Gasteiger partial charge in [-0.2, -0.15) is 0 Å². The van der Waals surface area contributed by atoms with Gasteiger partial charge in [-0.25, -0.2) is 4.39 Å². The Hall–Kier alpha value is -1.33. The standard InChI is InChI=1S/C16H13FN2S.BrH/c1-10-15(19-8-7-18-16(19)20-10)12-5-6-13-11(9-12)3-2-4-14(13)17;/h2-6,9H,7-8H2,1H3;1H. The van der Waals surface area contributed by atoms with Gasteiger partial charge in [-0.05, 0) is 30.0 Å². The molecule has 2 aromatic carbocycles. The van der Waals surface area contributed by atoms with E-state index in [1.54, 1.807) is 17.8 Å². The van der Waals surface area contributed by atoms with Gasteiger partial charge in [0, 0.05) is 16.8 Å². The van der Waals surface area contributed by atoms with E-state index in [9.17, 15) is 4.39 Å². The molecule has 0 N–H and O–H groups in total. The topological polar surface area (TPSA) is 15.6 Å². The van der Waals surface area contributed by atoms with E-state index in [-0.39, 0.29) is 22.8 Å². The number of allylic oxidation sites excluding steroid dienone is 1. The first-order valence-electron chi connectivity index (χ1n) is 6.63. The third kappa shape index (κ3) is 2.28. The van der Waals surface area contributed by atoms with E-state index in [1.165, 1.54) is 16.7 Å². The fourth-order valence-electron chi connectivity index (χ4n) is 2.85. The molecule has 108 valence electrons. The van der Waals surface area contributed by atoms with Gasteiger partial charge in [-0.15, -0.1) is 17.0 Å². The van der Waals surface area contributed by atoms with Crippen molar-refractivity contribution in [3.63, 3.8) is 0 Å². The van der Waals surface area contributed by atoms with Crippen molar-refractivity contribution >= 4 is 50.4 Å². The Morgan fingerprint density at radius 2 is 2.10 bits per heavy atom. The number of thioether (sulfide) groups is 1. The highest BCUT2D eigenvalue weighted by Gasteiger charge is 2.30. The second-order valence-corrected chi connectivity index (χ2v) is 6.18. The maximum absolute atomic E-state index is 13.7. The Bertz CT molecular complexity index is 785. The zero-order valence-corrected chi connectivity index (χ0v) is 14.0. The van der Waals surface area contributed by atoms with Crippen LogP contribution in [0.3, 0.4) is 0 Å². The molecule has 5 heteroatoms. The summed E-state index contributed by atoms with van der Waals surface area (Å²) in [7, 11) is 0. The molecule has 21 heavy (non-hydrogen) atoms. The summed E-state index contributed by atoms with van der Waals surface area (Å²) < 4.78 is 13.7. The maximum atomic E-state index is 13.7. The molecule has 2 aliphatic rings. The van der Waals surface area contributed by atoms with Crippen LogP contribution in [0.5, 0.6) is 0 Å². The van der Waals surface area contributed by atoms with Crippen LogP contribution in [0.4, 0.5) is 4.39 Å². The molecule has 0 aliphatic carbocycles. The van der Waals surface area contributed by atoms with E-state index >= 15 is 0 Å². The Labute approximate surface area is 137 Å². The van der Waals surface area contributed by atoms with E-state index in [0.29, 0.717) is 5.39 Å². The molecule has 2 nitrogen and oxygen atoms in total. The highest BCUT2D eigenvalue weighted by Crippen LogP contribution is 2.41. The number of halogens is 2. The molecule has 4 rings (SSSR count). The largest absolute Gasteiger partial charge is 0.318 e. The summed E-state index contributed by atoms with van der Waals surface area (Å²) in [5.74, 6) is -0.163. The zero-order chi connectivity index (χ0) is 13.7. The zero-order valence-electron chi connectivity index (χ0n) is 11.5. The van der Waals surface area contributed by atoms with E-state index in [1.807, 2.05) is 18.2 Å². The Morgan fingerprint density at radius 1 is 1.24 bits per heavy atom. The van der Waals surface area contributed by atoms with Gasteiger partial charge < -0.3 is 4.90 Å². The van der Waals surface area contributed by atoms with E-state index in [2.05, 4.69) is 22.9 Å². The number of hydrogen-bond donors (Lipinski definition) is 0. The molecule has 0 spiro atoms. The molecule has 2 aliphatic heterocycles. The fourth-order valence-corrected chi connectivity index (χ4v) is 3.89. The van der Waals surface area contributed by atoms with E-state index < -0.39 is 0 Å². The van der Waals surface area contributed by atoms with Crippen LogP contribution in [-0.4, -0.2) is 23.2 Å². The summed E-state index contributed by atoms with van der Waals surface area (Å²) in [6, 6.07) is 11.2. The fraction of sp³-hybridized carbons (Fsp3) is 0.188. The van der Waals surface area contributed by atoms with E-state index in [4.69, 9.17) is 0 Å². The van der Waals surface area contributed by atoms with Gasteiger partial charge in [0.25, 0.3) is 0 Å². The van der Waals surface area contributed by atoms with Crippen LogP contribution in [0.1, 0.15) is 12.5 Å². The van der Waals surface area contributed by atoms with Crippen molar-refractivity contribution in [3.8, 4) is 0 Å². The number of nitrogens with zero attached hydrogens (tertiary/aromatic N) is 2. The third-order valence-electron chi connectivity index (χ3n) is 3.75. The molecule has 2 aromatic rings. The molecule has 0 saturated carbocycles. The maximum Gasteiger partial charge on any atom is 0.168 e. The molecule has 0 unspecified atom stereocenters. The number of hydrogen-bond acceptors (Lipinski definition) is 3. The molecule has 0 amide bonds. The van der Waals surface area contributed by atoms with Crippen LogP contribution in [0.2, 0.25) is 0 Å². The lowest BCUT2D eigenvalue weighted by molar-refractivity contribution is 0.639. The smallest absolute Gasteiger partial charge is 0.168 e. The Kier molecular flexibility index (Phi) is 3.80.